The first kappa shape index (κ1) is 15.5. The van der Waals surface area contributed by atoms with Crippen LogP contribution in [0.5, 0.6) is 0 Å². The van der Waals surface area contributed by atoms with Gasteiger partial charge in [-0.2, -0.15) is 13.2 Å². The second-order valence-corrected chi connectivity index (χ2v) is 4.72. The molecule has 0 aliphatic heterocycles. The van der Waals surface area contributed by atoms with Crippen molar-refractivity contribution >= 4 is 16.7 Å². The number of alkyl halides is 3. The van der Waals surface area contributed by atoms with Crippen LogP contribution in [0.25, 0.3) is 11.0 Å². The Morgan fingerprint density at radius 1 is 1.10 bits per heavy atom. The van der Waals surface area contributed by atoms with E-state index in [-0.39, 0.29) is 16.7 Å². The lowest BCUT2D eigenvalue weighted by Gasteiger charge is -2.31. The molecule has 0 aliphatic rings. The van der Waals surface area contributed by atoms with Gasteiger partial charge in [0, 0.05) is 5.69 Å². The van der Waals surface area contributed by atoms with Crippen molar-refractivity contribution in [3.63, 3.8) is 0 Å². The van der Waals surface area contributed by atoms with Crippen molar-refractivity contribution in [3.05, 3.63) is 24.0 Å². The molecule has 1 aromatic heterocycles. The number of hydrogen-bond acceptors (Lipinski definition) is 5. The van der Waals surface area contributed by atoms with Gasteiger partial charge in [-0.1, -0.05) is 0 Å². The molecule has 0 fully saturated rings. The molecule has 2 rings (SSSR count). The van der Waals surface area contributed by atoms with Gasteiger partial charge in [0.1, 0.15) is 5.54 Å². The standard InChI is InChI=1S/C12H14F3N3O3/c13-12(14,15)10-17-8-3-7(16)1-2-9(8)18(10)11(4-19,5-20)6-21/h1-3,19-21H,4-6,16H2. The molecule has 0 amide bonds. The molecule has 0 atom stereocenters. The lowest BCUT2D eigenvalue weighted by atomic mass is 10.0. The average molecular weight is 305 g/mol. The minimum atomic E-state index is -4.82. The maximum absolute atomic E-state index is 13.2. The average Bonchev–Trinajstić information content (AvgIpc) is 2.81. The van der Waals surface area contributed by atoms with Crippen molar-refractivity contribution in [3.8, 4) is 0 Å². The van der Waals surface area contributed by atoms with Crippen LogP contribution >= 0.6 is 0 Å². The molecule has 21 heavy (non-hydrogen) atoms. The van der Waals surface area contributed by atoms with Gasteiger partial charge in [-0.15, -0.1) is 0 Å². The van der Waals surface area contributed by atoms with Gasteiger partial charge in [0.25, 0.3) is 0 Å². The first-order chi connectivity index (χ1) is 9.79. The van der Waals surface area contributed by atoms with E-state index < -0.39 is 37.4 Å². The SMILES string of the molecule is Nc1ccc2c(c1)nc(C(F)(F)F)n2C(CO)(CO)CO. The summed E-state index contributed by atoms with van der Waals surface area (Å²) >= 11 is 0. The van der Waals surface area contributed by atoms with Crippen LogP contribution < -0.4 is 5.73 Å². The van der Waals surface area contributed by atoms with Crippen molar-refractivity contribution in [2.45, 2.75) is 11.7 Å². The highest BCUT2D eigenvalue weighted by molar-refractivity contribution is 5.80. The lowest BCUT2D eigenvalue weighted by Crippen LogP contribution is -2.46. The maximum atomic E-state index is 13.2. The Balaban J connectivity index is 2.87. The van der Waals surface area contributed by atoms with Crippen molar-refractivity contribution in [1.29, 1.82) is 0 Å². The molecule has 6 nitrogen and oxygen atoms in total. The molecule has 0 saturated heterocycles. The second-order valence-electron chi connectivity index (χ2n) is 4.72. The number of nitrogens with two attached hydrogens (primary N) is 1. The van der Waals surface area contributed by atoms with Gasteiger partial charge in [0.2, 0.25) is 5.82 Å². The van der Waals surface area contributed by atoms with E-state index in [1.54, 1.807) is 0 Å². The Morgan fingerprint density at radius 3 is 2.14 bits per heavy atom. The number of nitrogens with zero attached hydrogens (tertiary/aromatic N) is 2. The normalized spacial score (nSPS) is 13.0. The van der Waals surface area contributed by atoms with Crippen LogP contribution in [0.1, 0.15) is 5.82 Å². The summed E-state index contributed by atoms with van der Waals surface area (Å²) in [6.07, 6.45) is -4.82. The number of rotatable bonds is 4. The molecule has 9 heteroatoms. The van der Waals surface area contributed by atoms with E-state index in [0.717, 1.165) is 0 Å². The summed E-state index contributed by atoms with van der Waals surface area (Å²) < 4.78 is 40.1. The molecule has 0 saturated carbocycles. The fourth-order valence-corrected chi connectivity index (χ4v) is 2.13. The summed E-state index contributed by atoms with van der Waals surface area (Å²) in [6.45, 7) is -2.67. The van der Waals surface area contributed by atoms with Gasteiger partial charge in [0.05, 0.1) is 30.9 Å². The van der Waals surface area contributed by atoms with Gasteiger partial charge in [-0.05, 0) is 18.2 Å². The summed E-state index contributed by atoms with van der Waals surface area (Å²) in [5, 5.41) is 28.2. The number of nitrogen functional groups attached to an aromatic ring is 1. The number of imidazole rings is 1. The van der Waals surface area contributed by atoms with Crippen LogP contribution in [0.2, 0.25) is 0 Å². The van der Waals surface area contributed by atoms with E-state index in [1.165, 1.54) is 18.2 Å². The van der Waals surface area contributed by atoms with Gasteiger partial charge in [0.15, 0.2) is 0 Å². The van der Waals surface area contributed by atoms with Crippen LogP contribution in [-0.2, 0) is 11.7 Å². The van der Waals surface area contributed by atoms with Crippen molar-refractivity contribution in [2.24, 2.45) is 0 Å². The number of aliphatic hydroxyl groups is 3. The summed E-state index contributed by atoms with van der Waals surface area (Å²) in [4.78, 5) is 3.48. The minimum absolute atomic E-state index is 0.00803. The number of fused-ring (bicyclic) bond motifs is 1. The fraction of sp³-hybridized carbons (Fsp3) is 0.417. The van der Waals surface area contributed by atoms with Crippen LogP contribution in [-0.4, -0.2) is 44.7 Å². The summed E-state index contributed by atoms with van der Waals surface area (Å²) in [7, 11) is 0. The highest BCUT2D eigenvalue weighted by Gasteiger charge is 2.44. The smallest absolute Gasteiger partial charge is 0.399 e. The fourth-order valence-electron chi connectivity index (χ4n) is 2.13. The number of halogens is 3. The highest BCUT2D eigenvalue weighted by atomic mass is 19.4. The predicted octanol–water partition coefficient (Wildman–Crippen LogP) is 0.309. The first-order valence-electron chi connectivity index (χ1n) is 5.97. The third kappa shape index (κ3) is 2.43. The van der Waals surface area contributed by atoms with E-state index in [0.29, 0.717) is 4.57 Å². The molecule has 1 heterocycles. The Morgan fingerprint density at radius 2 is 1.67 bits per heavy atom. The molecule has 2 aromatic rings. The molecule has 0 radical (unpaired) electrons. The van der Waals surface area contributed by atoms with Gasteiger partial charge >= 0.3 is 6.18 Å². The van der Waals surface area contributed by atoms with Gasteiger partial charge in [-0.3, -0.25) is 0 Å². The molecule has 0 bridgehead atoms. The molecule has 0 aliphatic carbocycles. The predicted molar refractivity (Wildman–Crippen MR) is 68.4 cm³/mol. The second kappa shape index (κ2) is 5.17. The van der Waals surface area contributed by atoms with Crippen LogP contribution in [0.4, 0.5) is 18.9 Å². The largest absolute Gasteiger partial charge is 0.449 e. The number of anilines is 1. The first-order valence-corrected chi connectivity index (χ1v) is 5.97. The van der Waals surface area contributed by atoms with Crippen LogP contribution in [0.15, 0.2) is 18.2 Å². The zero-order chi connectivity index (χ0) is 15.8. The Labute approximate surface area is 117 Å². The zero-order valence-electron chi connectivity index (χ0n) is 10.8. The van der Waals surface area contributed by atoms with Crippen molar-refractivity contribution in [2.75, 3.05) is 25.6 Å². The monoisotopic (exact) mass is 305 g/mol. The minimum Gasteiger partial charge on any atom is -0.399 e. The number of benzene rings is 1. The Hall–Kier alpha value is -1.84. The van der Waals surface area contributed by atoms with E-state index in [1.807, 2.05) is 0 Å². The summed E-state index contributed by atoms with van der Waals surface area (Å²) in [5.74, 6) is -1.32. The quantitative estimate of drug-likeness (QED) is 0.609. The van der Waals surface area contributed by atoms with E-state index in [9.17, 15) is 28.5 Å². The van der Waals surface area contributed by atoms with E-state index in [2.05, 4.69) is 4.98 Å². The molecule has 0 spiro atoms. The molecular formula is C12H14F3N3O3. The van der Waals surface area contributed by atoms with Gasteiger partial charge < -0.3 is 25.6 Å². The Kier molecular flexibility index (Phi) is 3.83. The lowest BCUT2D eigenvalue weighted by molar-refractivity contribution is -0.151. The number of aromatic nitrogens is 2. The highest BCUT2D eigenvalue weighted by Crippen LogP contribution is 2.36. The van der Waals surface area contributed by atoms with Crippen molar-refractivity contribution in [1.82, 2.24) is 9.55 Å². The number of aliphatic hydroxyl groups excluding tert-OH is 3. The number of hydrogen-bond donors (Lipinski definition) is 4. The zero-order valence-corrected chi connectivity index (χ0v) is 10.8. The molecule has 1 aromatic carbocycles. The van der Waals surface area contributed by atoms with E-state index >= 15 is 0 Å². The topological polar surface area (TPSA) is 105 Å². The maximum Gasteiger partial charge on any atom is 0.449 e. The molecule has 0 unspecified atom stereocenters. The van der Waals surface area contributed by atoms with Crippen LogP contribution in [0, 0.1) is 0 Å². The van der Waals surface area contributed by atoms with Crippen LogP contribution in [0.3, 0.4) is 0 Å². The van der Waals surface area contributed by atoms with Gasteiger partial charge in [-0.25, -0.2) is 4.98 Å². The third-order valence-corrected chi connectivity index (χ3v) is 3.29. The molecule has 116 valence electrons. The summed E-state index contributed by atoms with van der Waals surface area (Å²) in [5.41, 5.74) is 3.79. The third-order valence-electron chi connectivity index (χ3n) is 3.29. The van der Waals surface area contributed by atoms with E-state index in [4.69, 9.17) is 5.73 Å². The molecular weight excluding hydrogens is 291 g/mol. The molecule has 5 N–H and O–H groups in total. The summed E-state index contributed by atoms with van der Waals surface area (Å²) in [6, 6.07) is 3.91. The Bertz CT molecular complexity index is 642. The van der Waals surface area contributed by atoms with Crippen molar-refractivity contribution < 1.29 is 28.5 Å².